The number of carbonyl (C=O) groups is 3. The van der Waals surface area contributed by atoms with Gasteiger partial charge in [0.15, 0.2) is 15.6 Å². The molecule has 0 saturated heterocycles. The first-order valence-electron chi connectivity index (χ1n) is 9.10. The van der Waals surface area contributed by atoms with Crippen LogP contribution >= 0.6 is 0 Å². The lowest BCUT2D eigenvalue weighted by Gasteiger charge is -2.32. The molecule has 2 atom stereocenters. The third-order valence-corrected chi connectivity index (χ3v) is 6.40. The molecule has 0 aliphatic heterocycles. The third kappa shape index (κ3) is 5.52. The number of amides is 2. The average Bonchev–Trinajstić information content (AvgIpc) is 2.66. The monoisotopic (exact) mass is 432 g/mol. The van der Waals surface area contributed by atoms with Gasteiger partial charge in [-0.2, -0.15) is 0 Å². The van der Waals surface area contributed by atoms with Crippen LogP contribution in [-0.4, -0.2) is 48.0 Å². The molecule has 160 valence electrons. The smallest absolute Gasteiger partial charge is 0.248 e. The summed E-state index contributed by atoms with van der Waals surface area (Å²) in [5, 5.41) is 10.6. The molecular weight excluding hydrogens is 408 g/mol. The molecule has 0 fully saturated rings. The first-order chi connectivity index (χ1) is 14.0. The molecule has 30 heavy (non-hydrogen) atoms. The molecule has 2 aromatic rings. The summed E-state index contributed by atoms with van der Waals surface area (Å²) in [5.74, 6) is -3.78. The number of aliphatic hydroxyl groups is 1. The Hall–Kier alpha value is -3.04. The molecule has 0 radical (unpaired) electrons. The van der Waals surface area contributed by atoms with Crippen molar-refractivity contribution in [3.63, 3.8) is 0 Å². The maximum atomic E-state index is 12.7. The number of primary amides is 1. The fraction of sp³-hybridized carbons (Fsp3) is 0.286. The van der Waals surface area contributed by atoms with E-state index < -0.39 is 50.1 Å². The maximum absolute atomic E-state index is 12.7. The van der Waals surface area contributed by atoms with Crippen molar-refractivity contribution in [1.29, 1.82) is 0 Å². The lowest BCUT2D eigenvalue weighted by molar-refractivity contribution is -0.128. The molecule has 0 spiro atoms. The lowest BCUT2D eigenvalue weighted by atomic mass is 9.90. The topological polar surface area (TPSA) is 144 Å². The Bertz CT molecular complexity index is 1020. The van der Waals surface area contributed by atoms with E-state index >= 15 is 0 Å². The zero-order valence-corrected chi connectivity index (χ0v) is 17.4. The molecule has 8 nitrogen and oxygen atoms in total. The molecule has 0 saturated carbocycles. The van der Waals surface area contributed by atoms with Gasteiger partial charge in [0.1, 0.15) is 6.10 Å². The Morgan fingerprint density at radius 2 is 1.50 bits per heavy atom. The van der Waals surface area contributed by atoms with Crippen molar-refractivity contribution in [2.24, 2.45) is 5.73 Å². The molecule has 9 heteroatoms. The normalized spacial score (nSPS) is 13.8. The summed E-state index contributed by atoms with van der Waals surface area (Å²) in [5.41, 5.74) is 4.25. The lowest BCUT2D eigenvalue weighted by Crippen LogP contribution is -2.60. The first-order valence-corrected chi connectivity index (χ1v) is 10.8. The van der Waals surface area contributed by atoms with Crippen LogP contribution in [0, 0.1) is 0 Å². The molecule has 0 aromatic heterocycles. The van der Waals surface area contributed by atoms with Crippen molar-refractivity contribution in [2.75, 3.05) is 0 Å². The minimum Gasteiger partial charge on any atom is -0.382 e. The minimum absolute atomic E-state index is 0.218. The Morgan fingerprint density at radius 1 is 1.00 bits per heavy atom. The van der Waals surface area contributed by atoms with E-state index in [2.05, 4.69) is 5.32 Å². The van der Waals surface area contributed by atoms with Crippen LogP contribution in [0.25, 0.3) is 0 Å². The number of Topliss-reactive ketones (excluding diaryl/α,β-unsaturated/α-hetero) is 1. The van der Waals surface area contributed by atoms with E-state index in [9.17, 15) is 27.9 Å². The summed E-state index contributed by atoms with van der Waals surface area (Å²) in [6.07, 6.45) is -1.69. The highest BCUT2D eigenvalue weighted by Crippen LogP contribution is 2.18. The second kappa shape index (κ2) is 9.19. The van der Waals surface area contributed by atoms with Crippen molar-refractivity contribution in [3.05, 3.63) is 71.8 Å². The second-order valence-electron chi connectivity index (χ2n) is 7.42. The van der Waals surface area contributed by atoms with Gasteiger partial charge in [-0.05, 0) is 19.4 Å². The fourth-order valence-electron chi connectivity index (χ4n) is 2.90. The summed E-state index contributed by atoms with van der Waals surface area (Å²) < 4.78 is 25.4. The number of ketones is 1. The third-order valence-electron chi connectivity index (χ3n) is 4.50. The van der Waals surface area contributed by atoms with E-state index in [0.717, 1.165) is 0 Å². The van der Waals surface area contributed by atoms with Crippen LogP contribution in [0.1, 0.15) is 29.8 Å². The van der Waals surface area contributed by atoms with Gasteiger partial charge in [-0.1, -0.05) is 60.7 Å². The molecular formula is C21H24N2O6S. The van der Waals surface area contributed by atoms with Gasteiger partial charge in [-0.25, -0.2) is 8.42 Å². The van der Waals surface area contributed by atoms with Crippen molar-refractivity contribution in [1.82, 2.24) is 5.32 Å². The van der Waals surface area contributed by atoms with Crippen LogP contribution in [0.4, 0.5) is 0 Å². The Morgan fingerprint density at radius 3 is 2.00 bits per heavy atom. The van der Waals surface area contributed by atoms with E-state index in [1.807, 2.05) is 0 Å². The molecule has 0 aliphatic rings. The standard InChI is InChI=1S/C21H24N2O6S/c1-21(2,18(25)16(24)15-11-7-4-8-12-15)23-20(27)17(19(22)26)30(28,29)13-14-9-5-3-6-10-14/h3-12,17-18,25H,13H2,1-2H3,(H2,22,26)(H,23,27). The molecule has 0 bridgehead atoms. The van der Waals surface area contributed by atoms with Gasteiger partial charge >= 0.3 is 0 Å². The number of nitrogens with two attached hydrogens (primary N) is 1. The zero-order valence-electron chi connectivity index (χ0n) is 16.6. The highest BCUT2D eigenvalue weighted by Gasteiger charge is 2.42. The van der Waals surface area contributed by atoms with Crippen LogP contribution in [0.15, 0.2) is 60.7 Å². The number of sulfone groups is 1. The number of hydrogen-bond donors (Lipinski definition) is 3. The number of rotatable bonds is 9. The number of benzene rings is 2. The minimum atomic E-state index is -4.30. The second-order valence-corrected chi connectivity index (χ2v) is 9.50. The van der Waals surface area contributed by atoms with Gasteiger partial charge < -0.3 is 16.2 Å². The van der Waals surface area contributed by atoms with Gasteiger partial charge in [-0.15, -0.1) is 0 Å². The number of aliphatic hydroxyl groups excluding tert-OH is 1. The highest BCUT2D eigenvalue weighted by atomic mass is 32.2. The largest absolute Gasteiger partial charge is 0.382 e. The number of nitrogens with one attached hydrogen (secondary N) is 1. The molecule has 0 aliphatic carbocycles. The summed E-state index contributed by atoms with van der Waals surface area (Å²) in [6, 6.07) is 16.0. The average molecular weight is 432 g/mol. The quantitative estimate of drug-likeness (QED) is 0.391. The number of hydrogen-bond acceptors (Lipinski definition) is 6. The van der Waals surface area contributed by atoms with E-state index in [1.54, 1.807) is 48.5 Å². The van der Waals surface area contributed by atoms with Gasteiger partial charge in [0.05, 0.1) is 11.3 Å². The zero-order chi connectivity index (χ0) is 22.5. The molecule has 2 aromatic carbocycles. The predicted octanol–water partition coefficient (Wildman–Crippen LogP) is 0.594. The van der Waals surface area contributed by atoms with Crippen molar-refractivity contribution >= 4 is 27.4 Å². The van der Waals surface area contributed by atoms with Gasteiger partial charge in [0, 0.05) is 5.56 Å². The van der Waals surface area contributed by atoms with Crippen LogP contribution in [-0.2, 0) is 25.2 Å². The summed E-state index contributed by atoms with van der Waals surface area (Å²) in [6.45, 7) is 2.69. The molecule has 4 N–H and O–H groups in total. The summed E-state index contributed by atoms with van der Waals surface area (Å²) in [4.78, 5) is 37.0. The Balaban J connectivity index is 2.22. The SMILES string of the molecule is CC(C)(NC(=O)C(C(N)=O)S(=O)(=O)Cc1ccccc1)C(O)C(=O)c1ccccc1. The Kier molecular flexibility index (Phi) is 7.12. The van der Waals surface area contributed by atoms with E-state index in [4.69, 9.17) is 5.73 Å². The molecule has 2 rings (SSSR count). The number of carbonyl (C=O) groups excluding carboxylic acids is 3. The summed E-state index contributed by atoms with van der Waals surface area (Å²) >= 11 is 0. The first kappa shape index (κ1) is 23.2. The van der Waals surface area contributed by atoms with Gasteiger partial charge in [0.25, 0.3) is 0 Å². The van der Waals surface area contributed by atoms with Crippen LogP contribution in [0.3, 0.4) is 0 Å². The van der Waals surface area contributed by atoms with E-state index in [-0.39, 0.29) is 5.56 Å². The fourth-order valence-corrected chi connectivity index (χ4v) is 4.46. The molecule has 2 amide bonds. The van der Waals surface area contributed by atoms with Crippen LogP contribution in [0.2, 0.25) is 0 Å². The molecule has 0 heterocycles. The predicted molar refractivity (Wildman–Crippen MR) is 111 cm³/mol. The van der Waals surface area contributed by atoms with Crippen molar-refractivity contribution in [3.8, 4) is 0 Å². The van der Waals surface area contributed by atoms with Crippen LogP contribution < -0.4 is 11.1 Å². The van der Waals surface area contributed by atoms with E-state index in [1.165, 1.54) is 26.0 Å². The summed E-state index contributed by atoms with van der Waals surface area (Å²) in [7, 11) is -4.30. The van der Waals surface area contributed by atoms with Gasteiger partial charge in [-0.3, -0.25) is 14.4 Å². The van der Waals surface area contributed by atoms with Gasteiger partial charge in [0.2, 0.25) is 17.1 Å². The van der Waals surface area contributed by atoms with Crippen LogP contribution in [0.5, 0.6) is 0 Å². The maximum Gasteiger partial charge on any atom is 0.248 e. The van der Waals surface area contributed by atoms with E-state index in [0.29, 0.717) is 5.56 Å². The van der Waals surface area contributed by atoms with Crippen molar-refractivity contribution < 1.29 is 27.9 Å². The molecule has 2 unspecified atom stereocenters. The highest BCUT2D eigenvalue weighted by molar-refractivity contribution is 7.92. The Labute approximate surface area is 175 Å². The van der Waals surface area contributed by atoms with Crippen molar-refractivity contribution in [2.45, 2.75) is 36.5 Å².